The first-order valence-electron chi connectivity index (χ1n) is 6.78. The molecule has 0 saturated heterocycles. The quantitative estimate of drug-likeness (QED) is 0.895. The van der Waals surface area contributed by atoms with Gasteiger partial charge >= 0.3 is 0 Å². The molecule has 5 heteroatoms. The van der Waals surface area contributed by atoms with Crippen LogP contribution in [0, 0.1) is 5.92 Å². The zero-order valence-electron chi connectivity index (χ0n) is 11.0. The maximum atomic E-state index is 5.56. The van der Waals surface area contributed by atoms with Crippen LogP contribution in [0.2, 0.25) is 0 Å². The van der Waals surface area contributed by atoms with E-state index < -0.39 is 0 Å². The van der Waals surface area contributed by atoms with Gasteiger partial charge in [-0.1, -0.05) is 24.9 Å². The van der Waals surface area contributed by atoms with Crippen LogP contribution < -0.4 is 5.73 Å². The molecule has 1 fully saturated rings. The molecule has 2 aromatic rings. The second-order valence-corrected chi connectivity index (χ2v) is 5.39. The molecule has 0 atom stereocenters. The van der Waals surface area contributed by atoms with E-state index in [9.17, 15) is 0 Å². The van der Waals surface area contributed by atoms with Gasteiger partial charge in [0, 0.05) is 12.1 Å². The molecule has 5 nitrogen and oxygen atoms in total. The van der Waals surface area contributed by atoms with Gasteiger partial charge in [-0.15, -0.1) is 0 Å². The van der Waals surface area contributed by atoms with Gasteiger partial charge in [0.1, 0.15) is 5.82 Å². The molecular weight excluding hydrogens is 240 g/mol. The van der Waals surface area contributed by atoms with E-state index in [4.69, 9.17) is 10.3 Å². The van der Waals surface area contributed by atoms with Gasteiger partial charge in [-0.2, -0.15) is 4.98 Å². The SMILES string of the molecule is CC1CCC(c2noc(-c3ccc(N)nc3)n2)CC1. The molecule has 1 aliphatic rings. The first-order chi connectivity index (χ1) is 9.22. The zero-order valence-corrected chi connectivity index (χ0v) is 11.0. The lowest BCUT2D eigenvalue weighted by atomic mass is 9.83. The molecule has 0 radical (unpaired) electrons. The number of rotatable bonds is 2. The lowest BCUT2D eigenvalue weighted by molar-refractivity contribution is 0.329. The summed E-state index contributed by atoms with van der Waals surface area (Å²) < 4.78 is 5.33. The van der Waals surface area contributed by atoms with Crippen molar-refractivity contribution >= 4 is 5.82 Å². The molecule has 0 amide bonds. The summed E-state index contributed by atoms with van der Waals surface area (Å²) in [7, 11) is 0. The first kappa shape index (κ1) is 12.1. The van der Waals surface area contributed by atoms with Crippen LogP contribution in [0.25, 0.3) is 11.5 Å². The number of aromatic nitrogens is 3. The highest BCUT2D eigenvalue weighted by atomic mass is 16.5. The Bertz CT molecular complexity index is 541. The lowest BCUT2D eigenvalue weighted by Gasteiger charge is -2.23. The molecular formula is C14H18N4O. The highest BCUT2D eigenvalue weighted by Gasteiger charge is 2.24. The molecule has 2 heterocycles. The summed E-state index contributed by atoms with van der Waals surface area (Å²) in [5, 5.41) is 4.12. The molecule has 19 heavy (non-hydrogen) atoms. The molecule has 2 N–H and O–H groups in total. The normalized spacial score (nSPS) is 23.4. The number of nitrogens with zero attached hydrogens (tertiary/aromatic N) is 3. The first-order valence-corrected chi connectivity index (χ1v) is 6.78. The van der Waals surface area contributed by atoms with E-state index in [2.05, 4.69) is 22.0 Å². The summed E-state index contributed by atoms with van der Waals surface area (Å²) in [5.74, 6) is 3.11. The molecule has 0 spiro atoms. The van der Waals surface area contributed by atoms with Crippen molar-refractivity contribution in [2.24, 2.45) is 5.92 Å². The molecule has 100 valence electrons. The minimum atomic E-state index is 0.440. The maximum absolute atomic E-state index is 5.56. The summed E-state index contributed by atoms with van der Waals surface area (Å²) in [6, 6.07) is 3.59. The van der Waals surface area contributed by atoms with Gasteiger partial charge in [0.25, 0.3) is 5.89 Å². The van der Waals surface area contributed by atoms with E-state index >= 15 is 0 Å². The van der Waals surface area contributed by atoms with E-state index in [1.807, 2.05) is 6.07 Å². The van der Waals surface area contributed by atoms with Crippen LogP contribution in [-0.2, 0) is 0 Å². The molecule has 3 rings (SSSR count). The molecule has 1 aliphatic carbocycles. The third-order valence-electron chi connectivity index (χ3n) is 3.86. The largest absolute Gasteiger partial charge is 0.384 e. The third kappa shape index (κ3) is 2.59. The predicted molar refractivity (Wildman–Crippen MR) is 72.3 cm³/mol. The lowest BCUT2D eigenvalue weighted by Crippen LogP contribution is -2.11. The predicted octanol–water partition coefficient (Wildman–Crippen LogP) is 3.01. The molecule has 0 unspecified atom stereocenters. The van der Waals surface area contributed by atoms with Crippen LogP contribution in [0.5, 0.6) is 0 Å². The van der Waals surface area contributed by atoms with Crippen molar-refractivity contribution < 1.29 is 4.52 Å². The maximum Gasteiger partial charge on any atom is 0.259 e. The van der Waals surface area contributed by atoms with E-state index in [1.165, 1.54) is 12.8 Å². The highest BCUT2D eigenvalue weighted by molar-refractivity contribution is 5.53. The van der Waals surface area contributed by atoms with Crippen molar-refractivity contribution in [2.45, 2.75) is 38.5 Å². The Morgan fingerprint density at radius 2 is 2.00 bits per heavy atom. The molecule has 1 saturated carbocycles. The number of pyridine rings is 1. The van der Waals surface area contributed by atoms with Crippen molar-refractivity contribution in [1.82, 2.24) is 15.1 Å². The fraction of sp³-hybridized carbons (Fsp3) is 0.500. The second-order valence-electron chi connectivity index (χ2n) is 5.39. The summed E-state index contributed by atoms with van der Waals surface area (Å²) in [4.78, 5) is 8.54. The topological polar surface area (TPSA) is 77.8 Å². The van der Waals surface area contributed by atoms with Crippen molar-refractivity contribution in [1.29, 1.82) is 0 Å². The minimum Gasteiger partial charge on any atom is -0.384 e. The Labute approximate surface area is 112 Å². The number of nitrogen functional groups attached to an aromatic ring is 1. The number of hydrogen-bond acceptors (Lipinski definition) is 5. The van der Waals surface area contributed by atoms with Crippen molar-refractivity contribution in [3.8, 4) is 11.5 Å². The summed E-state index contributed by atoms with van der Waals surface area (Å²) >= 11 is 0. The second kappa shape index (κ2) is 4.99. The Kier molecular flexibility index (Phi) is 3.19. The molecule has 0 aliphatic heterocycles. The van der Waals surface area contributed by atoms with Gasteiger partial charge in [0.15, 0.2) is 5.82 Å². The molecule has 2 aromatic heterocycles. The number of hydrogen-bond donors (Lipinski definition) is 1. The fourth-order valence-corrected chi connectivity index (χ4v) is 2.57. The Balaban J connectivity index is 1.77. The Morgan fingerprint density at radius 1 is 1.21 bits per heavy atom. The van der Waals surface area contributed by atoms with Crippen LogP contribution in [0.1, 0.15) is 44.3 Å². The Morgan fingerprint density at radius 3 is 2.68 bits per heavy atom. The van der Waals surface area contributed by atoms with Crippen LogP contribution in [0.3, 0.4) is 0 Å². The van der Waals surface area contributed by atoms with Gasteiger partial charge in [-0.05, 0) is 30.9 Å². The zero-order chi connectivity index (χ0) is 13.2. The van der Waals surface area contributed by atoms with Gasteiger partial charge < -0.3 is 10.3 Å². The van der Waals surface area contributed by atoms with Crippen molar-refractivity contribution in [2.75, 3.05) is 5.73 Å². The summed E-state index contributed by atoms with van der Waals surface area (Å²) in [6.07, 6.45) is 6.46. The van der Waals surface area contributed by atoms with E-state index in [0.29, 0.717) is 17.6 Å². The number of nitrogens with two attached hydrogens (primary N) is 1. The van der Waals surface area contributed by atoms with Crippen LogP contribution in [-0.4, -0.2) is 15.1 Å². The Hall–Kier alpha value is -1.91. The van der Waals surface area contributed by atoms with Gasteiger partial charge in [0.05, 0.1) is 5.56 Å². The fourth-order valence-electron chi connectivity index (χ4n) is 2.57. The monoisotopic (exact) mass is 258 g/mol. The standard InChI is InChI=1S/C14H18N4O/c1-9-2-4-10(5-3-9)13-17-14(19-18-13)11-6-7-12(15)16-8-11/h6-10H,2-5H2,1H3,(H2,15,16). The smallest absolute Gasteiger partial charge is 0.259 e. The van der Waals surface area contributed by atoms with E-state index in [1.54, 1.807) is 12.3 Å². The minimum absolute atomic E-state index is 0.440. The molecule has 0 bridgehead atoms. The average Bonchev–Trinajstić information content (AvgIpc) is 2.90. The van der Waals surface area contributed by atoms with Gasteiger partial charge in [-0.3, -0.25) is 0 Å². The molecule has 0 aromatic carbocycles. The summed E-state index contributed by atoms with van der Waals surface area (Å²) in [5.41, 5.74) is 6.38. The number of anilines is 1. The summed E-state index contributed by atoms with van der Waals surface area (Å²) in [6.45, 7) is 2.30. The van der Waals surface area contributed by atoms with Crippen molar-refractivity contribution in [3.63, 3.8) is 0 Å². The highest BCUT2D eigenvalue weighted by Crippen LogP contribution is 2.34. The van der Waals surface area contributed by atoms with Crippen LogP contribution in [0.4, 0.5) is 5.82 Å². The van der Waals surface area contributed by atoms with E-state index in [-0.39, 0.29) is 0 Å². The third-order valence-corrected chi connectivity index (χ3v) is 3.86. The van der Waals surface area contributed by atoms with Crippen molar-refractivity contribution in [3.05, 3.63) is 24.2 Å². The van der Waals surface area contributed by atoms with Crippen LogP contribution in [0.15, 0.2) is 22.9 Å². The van der Waals surface area contributed by atoms with Crippen LogP contribution >= 0.6 is 0 Å². The van der Waals surface area contributed by atoms with Gasteiger partial charge in [-0.25, -0.2) is 4.98 Å². The average molecular weight is 258 g/mol. The van der Waals surface area contributed by atoms with E-state index in [0.717, 1.165) is 30.1 Å². The van der Waals surface area contributed by atoms with Gasteiger partial charge in [0.2, 0.25) is 0 Å².